The first-order valence-electron chi connectivity index (χ1n) is 6.16. The molecule has 0 unspecified atom stereocenters. The Bertz CT molecular complexity index is 371. The Morgan fingerprint density at radius 2 is 1.89 bits per heavy atom. The summed E-state index contributed by atoms with van der Waals surface area (Å²) in [6.45, 7) is 6.45. The van der Waals surface area contributed by atoms with Gasteiger partial charge in [-0.2, -0.15) is 0 Å². The van der Waals surface area contributed by atoms with Crippen LogP contribution in [-0.2, 0) is 4.79 Å². The fraction of sp³-hybridized carbons (Fsp3) is 0.500. The van der Waals surface area contributed by atoms with Crippen LogP contribution in [0, 0.1) is 5.92 Å². The molecule has 1 aromatic rings. The number of benzene rings is 1. The summed E-state index contributed by atoms with van der Waals surface area (Å²) in [6, 6.07) is 7.06. The Balaban J connectivity index is 2.37. The van der Waals surface area contributed by atoms with Crippen molar-refractivity contribution in [2.24, 2.45) is 5.92 Å². The minimum atomic E-state index is -0.492. The second-order valence-electron chi connectivity index (χ2n) is 4.73. The van der Waals surface area contributed by atoms with Crippen LogP contribution in [0.3, 0.4) is 0 Å². The maximum atomic E-state index is 11.4. The molecule has 18 heavy (non-hydrogen) atoms. The van der Waals surface area contributed by atoms with E-state index in [-0.39, 0.29) is 12.5 Å². The van der Waals surface area contributed by atoms with Crippen LogP contribution in [0.4, 0.5) is 0 Å². The molecule has 100 valence electrons. The van der Waals surface area contributed by atoms with Crippen LogP contribution in [0.2, 0.25) is 0 Å². The van der Waals surface area contributed by atoms with Gasteiger partial charge in [0.1, 0.15) is 5.75 Å². The third-order valence-electron chi connectivity index (χ3n) is 2.44. The molecule has 0 bridgehead atoms. The molecule has 0 fully saturated rings. The van der Waals surface area contributed by atoms with Gasteiger partial charge in [-0.25, -0.2) is 0 Å². The average Bonchev–Trinajstić information content (AvgIpc) is 2.34. The lowest BCUT2D eigenvalue weighted by molar-refractivity contribution is -0.123. The minimum Gasteiger partial charge on any atom is -0.484 e. The number of ether oxygens (including phenoxy) is 1. The molecule has 0 aliphatic rings. The number of aliphatic hydroxyl groups is 1. The molecule has 0 radical (unpaired) electrons. The highest BCUT2D eigenvalue weighted by Gasteiger charge is 2.04. The van der Waals surface area contributed by atoms with E-state index in [4.69, 9.17) is 4.74 Å². The Kier molecular flexibility index (Phi) is 5.65. The van der Waals surface area contributed by atoms with Crippen LogP contribution in [-0.4, -0.2) is 24.2 Å². The van der Waals surface area contributed by atoms with Gasteiger partial charge in [0.2, 0.25) is 0 Å². The van der Waals surface area contributed by atoms with Crippen LogP contribution < -0.4 is 10.1 Å². The number of hydrogen-bond donors (Lipinski definition) is 2. The molecule has 0 aromatic heterocycles. The molecule has 0 saturated carbocycles. The van der Waals surface area contributed by atoms with Crippen molar-refractivity contribution >= 4 is 5.91 Å². The highest BCUT2D eigenvalue weighted by Crippen LogP contribution is 2.16. The van der Waals surface area contributed by atoms with Gasteiger partial charge in [0.15, 0.2) is 6.61 Å². The van der Waals surface area contributed by atoms with Gasteiger partial charge in [-0.05, 0) is 30.5 Å². The molecule has 0 heterocycles. The number of hydrogen-bond acceptors (Lipinski definition) is 3. The highest BCUT2D eigenvalue weighted by molar-refractivity contribution is 5.77. The van der Waals surface area contributed by atoms with Gasteiger partial charge in [-0.3, -0.25) is 4.79 Å². The zero-order valence-corrected chi connectivity index (χ0v) is 11.1. The number of amides is 1. The van der Waals surface area contributed by atoms with E-state index in [2.05, 4.69) is 5.32 Å². The summed E-state index contributed by atoms with van der Waals surface area (Å²) in [5, 5.41) is 12.1. The largest absolute Gasteiger partial charge is 0.484 e. The van der Waals surface area contributed by atoms with Gasteiger partial charge in [-0.15, -0.1) is 0 Å². The van der Waals surface area contributed by atoms with E-state index >= 15 is 0 Å². The summed E-state index contributed by atoms with van der Waals surface area (Å²) < 4.78 is 5.34. The quantitative estimate of drug-likeness (QED) is 0.811. The Hall–Kier alpha value is -1.55. The second-order valence-corrected chi connectivity index (χ2v) is 4.73. The second kappa shape index (κ2) is 7.01. The molecule has 4 heteroatoms. The van der Waals surface area contributed by atoms with E-state index in [0.717, 1.165) is 5.56 Å². The molecule has 1 atom stereocenters. The van der Waals surface area contributed by atoms with Crippen molar-refractivity contribution in [1.29, 1.82) is 0 Å². The Morgan fingerprint density at radius 1 is 1.28 bits per heavy atom. The van der Waals surface area contributed by atoms with Crippen molar-refractivity contribution in [1.82, 2.24) is 5.32 Å². The van der Waals surface area contributed by atoms with Gasteiger partial charge >= 0.3 is 0 Å². The predicted octanol–water partition coefficient (Wildman–Crippen LogP) is 1.89. The Morgan fingerprint density at radius 3 is 2.39 bits per heavy atom. The van der Waals surface area contributed by atoms with Gasteiger partial charge in [0.25, 0.3) is 5.91 Å². The van der Waals surface area contributed by atoms with Crippen LogP contribution in [0.15, 0.2) is 24.3 Å². The van der Waals surface area contributed by atoms with Gasteiger partial charge in [-0.1, -0.05) is 26.0 Å². The fourth-order valence-corrected chi connectivity index (χ4v) is 1.36. The Labute approximate surface area is 108 Å². The first kappa shape index (κ1) is 14.5. The molecule has 0 aliphatic heterocycles. The lowest BCUT2D eigenvalue weighted by Crippen LogP contribution is -2.31. The monoisotopic (exact) mass is 251 g/mol. The molecular weight excluding hydrogens is 230 g/mol. The lowest BCUT2D eigenvalue weighted by Gasteiger charge is -2.10. The fourth-order valence-electron chi connectivity index (χ4n) is 1.36. The molecule has 4 nitrogen and oxygen atoms in total. The third kappa shape index (κ3) is 5.19. The van der Waals surface area contributed by atoms with Crippen molar-refractivity contribution < 1.29 is 14.6 Å². The number of carbonyl (C=O) groups is 1. The molecule has 1 rings (SSSR count). The number of rotatable bonds is 6. The van der Waals surface area contributed by atoms with E-state index in [9.17, 15) is 9.90 Å². The van der Waals surface area contributed by atoms with Crippen molar-refractivity contribution in [3.8, 4) is 5.75 Å². The third-order valence-corrected chi connectivity index (χ3v) is 2.44. The number of carbonyl (C=O) groups excluding carboxylic acids is 1. The van der Waals surface area contributed by atoms with Crippen molar-refractivity contribution in [3.05, 3.63) is 29.8 Å². The van der Waals surface area contributed by atoms with E-state index in [0.29, 0.717) is 18.2 Å². The SMILES string of the molecule is CC(C)CNC(=O)COc1ccc([C@@H](C)O)cc1. The van der Waals surface area contributed by atoms with E-state index < -0.39 is 6.10 Å². The molecule has 2 N–H and O–H groups in total. The highest BCUT2D eigenvalue weighted by atomic mass is 16.5. The van der Waals surface area contributed by atoms with Crippen molar-refractivity contribution in [3.63, 3.8) is 0 Å². The van der Waals surface area contributed by atoms with E-state index in [1.807, 2.05) is 13.8 Å². The predicted molar refractivity (Wildman–Crippen MR) is 70.4 cm³/mol. The first-order valence-corrected chi connectivity index (χ1v) is 6.16. The van der Waals surface area contributed by atoms with Gasteiger partial charge in [0.05, 0.1) is 6.10 Å². The number of nitrogens with one attached hydrogen (secondary N) is 1. The molecule has 0 saturated heterocycles. The lowest BCUT2D eigenvalue weighted by atomic mass is 10.1. The van der Waals surface area contributed by atoms with Gasteiger partial charge in [0, 0.05) is 6.54 Å². The number of aliphatic hydroxyl groups excluding tert-OH is 1. The summed E-state index contributed by atoms with van der Waals surface area (Å²) in [5.41, 5.74) is 0.826. The van der Waals surface area contributed by atoms with Gasteiger partial charge < -0.3 is 15.2 Å². The van der Waals surface area contributed by atoms with E-state index in [1.54, 1.807) is 31.2 Å². The zero-order chi connectivity index (χ0) is 13.5. The molecule has 0 aliphatic carbocycles. The maximum Gasteiger partial charge on any atom is 0.257 e. The summed E-state index contributed by atoms with van der Waals surface area (Å²) in [6.07, 6.45) is -0.492. The normalized spacial score (nSPS) is 12.3. The standard InChI is InChI=1S/C14H21NO3/c1-10(2)8-15-14(17)9-18-13-6-4-12(5-7-13)11(3)16/h4-7,10-11,16H,8-9H2,1-3H3,(H,15,17)/t11-/m1/s1. The summed E-state index contributed by atoms with van der Waals surface area (Å²) in [5.74, 6) is 0.932. The smallest absolute Gasteiger partial charge is 0.257 e. The molecular formula is C14H21NO3. The summed E-state index contributed by atoms with van der Waals surface area (Å²) >= 11 is 0. The topological polar surface area (TPSA) is 58.6 Å². The molecule has 0 spiro atoms. The van der Waals surface area contributed by atoms with Crippen molar-refractivity contribution in [2.45, 2.75) is 26.9 Å². The average molecular weight is 251 g/mol. The molecule has 1 amide bonds. The molecule has 1 aromatic carbocycles. The first-order chi connectivity index (χ1) is 8.49. The summed E-state index contributed by atoms with van der Waals surface area (Å²) in [4.78, 5) is 11.4. The minimum absolute atomic E-state index is 0.0146. The summed E-state index contributed by atoms with van der Waals surface area (Å²) in [7, 11) is 0. The van der Waals surface area contributed by atoms with Crippen LogP contribution >= 0.6 is 0 Å². The maximum absolute atomic E-state index is 11.4. The van der Waals surface area contributed by atoms with E-state index in [1.165, 1.54) is 0 Å². The van der Waals surface area contributed by atoms with Crippen molar-refractivity contribution in [2.75, 3.05) is 13.2 Å². The van der Waals surface area contributed by atoms with Crippen LogP contribution in [0.25, 0.3) is 0 Å². The van der Waals surface area contributed by atoms with Crippen LogP contribution in [0.1, 0.15) is 32.4 Å². The van der Waals surface area contributed by atoms with Crippen LogP contribution in [0.5, 0.6) is 5.75 Å². The zero-order valence-electron chi connectivity index (χ0n) is 11.1.